The molecule has 2 rings (SSSR count). The first-order chi connectivity index (χ1) is 14.5. The summed E-state index contributed by atoms with van der Waals surface area (Å²) in [6.07, 6.45) is 0.953. The Labute approximate surface area is 179 Å². The number of aryl methyl sites for hydroxylation is 2. The molecule has 0 aliphatic carbocycles. The predicted octanol–water partition coefficient (Wildman–Crippen LogP) is 3.42. The zero-order chi connectivity index (χ0) is 21.9. The van der Waals surface area contributed by atoms with Crippen LogP contribution >= 0.6 is 0 Å². The molecule has 0 aliphatic rings. The molecule has 0 saturated carbocycles. The molecule has 0 fully saturated rings. The summed E-state index contributed by atoms with van der Waals surface area (Å²) in [5.74, 6) is 1.97. The number of aliphatic hydroxyl groups is 2. The SMILES string of the molecule is CCCNCC(O)COc1ccc(C)cc1C(O)CCc1ccc(OC)c(OC)c1. The first-order valence-corrected chi connectivity index (χ1v) is 10.5. The molecule has 6 nitrogen and oxygen atoms in total. The van der Waals surface area contributed by atoms with E-state index in [0.29, 0.717) is 36.6 Å². The molecule has 2 atom stereocenters. The number of methoxy groups -OCH3 is 2. The minimum atomic E-state index is -0.677. The molecule has 0 saturated heterocycles. The van der Waals surface area contributed by atoms with E-state index in [2.05, 4.69) is 12.2 Å². The quantitative estimate of drug-likeness (QED) is 0.434. The van der Waals surface area contributed by atoms with Gasteiger partial charge in [0.2, 0.25) is 0 Å². The third-order valence-corrected chi connectivity index (χ3v) is 4.92. The molecule has 6 heteroatoms. The zero-order valence-corrected chi connectivity index (χ0v) is 18.5. The van der Waals surface area contributed by atoms with Gasteiger partial charge in [-0.05, 0) is 62.6 Å². The smallest absolute Gasteiger partial charge is 0.160 e. The molecule has 2 aromatic rings. The molecule has 0 spiro atoms. The maximum atomic E-state index is 10.8. The third kappa shape index (κ3) is 7.20. The summed E-state index contributed by atoms with van der Waals surface area (Å²) in [5.41, 5.74) is 2.84. The predicted molar refractivity (Wildman–Crippen MR) is 119 cm³/mol. The van der Waals surface area contributed by atoms with Gasteiger partial charge in [-0.25, -0.2) is 0 Å². The standard InChI is InChI=1S/C24H35NO5/c1-5-12-25-15-19(26)16-30-22-10-6-17(2)13-20(22)21(27)9-7-18-8-11-23(28-3)24(14-18)29-4/h6,8,10-11,13-14,19,21,25-27H,5,7,9,12,15-16H2,1-4H3. The normalized spacial score (nSPS) is 13.0. The summed E-state index contributed by atoms with van der Waals surface area (Å²) in [6.45, 7) is 5.59. The van der Waals surface area contributed by atoms with Gasteiger partial charge >= 0.3 is 0 Å². The fraction of sp³-hybridized carbons (Fsp3) is 0.500. The lowest BCUT2D eigenvalue weighted by Gasteiger charge is -2.19. The van der Waals surface area contributed by atoms with E-state index < -0.39 is 12.2 Å². The van der Waals surface area contributed by atoms with E-state index >= 15 is 0 Å². The number of hydrogen-bond donors (Lipinski definition) is 3. The molecule has 0 aliphatic heterocycles. The van der Waals surface area contributed by atoms with Crippen molar-refractivity contribution in [2.24, 2.45) is 0 Å². The fourth-order valence-electron chi connectivity index (χ4n) is 3.25. The van der Waals surface area contributed by atoms with Crippen LogP contribution < -0.4 is 19.5 Å². The first kappa shape index (κ1) is 24.0. The minimum absolute atomic E-state index is 0.176. The molecular weight excluding hydrogens is 382 g/mol. The molecule has 0 aromatic heterocycles. The number of aliphatic hydroxyl groups excluding tert-OH is 2. The number of rotatable bonds is 13. The average Bonchev–Trinajstić information content (AvgIpc) is 2.76. The second kappa shape index (κ2) is 12.4. The van der Waals surface area contributed by atoms with Gasteiger partial charge in [0.1, 0.15) is 18.5 Å². The van der Waals surface area contributed by atoms with E-state index in [-0.39, 0.29) is 6.61 Å². The highest BCUT2D eigenvalue weighted by atomic mass is 16.5. The fourth-order valence-corrected chi connectivity index (χ4v) is 3.25. The van der Waals surface area contributed by atoms with Crippen molar-refractivity contribution in [3.8, 4) is 17.2 Å². The van der Waals surface area contributed by atoms with Crippen LogP contribution in [-0.2, 0) is 6.42 Å². The van der Waals surface area contributed by atoms with E-state index in [1.54, 1.807) is 14.2 Å². The molecular formula is C24H35NO5. The van der Waals surface area contributed by atoms with Crippen LogP contribution in [0, 0.1) is 6.92 Å². The molecule has 0 amide bonds. The van der Waals surface area contributed by atoms with E-state index in [9.17, 15) is 10.2 Å². The Morgan fingerprint density at radius 2 is 1.70 bits per heavy atom. The Hall–Kier alpha value is -2.28. The number of ether oxygens (including phenoxy) is 3. The Balaban J connectivity index is 2.01. The van der Waals surface area contributed by atoms with Crippen molar-refractivity contribution in [3.63, 3.8) is 0 Å². The van der Waals surface area contributed by atoms with E-state index in [1.807, 2.05) is 43.3 Å². The number of benzene rings is 2. The highest BCUT2D eigenvalue weighted by molar-refractivity contribution is 5.43. The lowest BCUT2D eigenvalue weighted by molar-refractivity contribution is 0.102. The number of hydrogen-bond acceptors (Lipinski definition) is 6. The van der Waals surface area contributed by atoms with Gasteiger partial charge in [0.25, 0.3) is 0 Å². The van der Waals surface area contributed by atoms with Crippen molar-refractivity contribution in [1.29, 1.82) is 0 Å². The van der Waals surface area contributed by atoms with Crippen LogP contribution in [0.15, 0.2) is 36.4 Å². The Bertz CT molecular complexity index is 780. The Morgan fingerprint density at radius 1 is 0.967 bits per heavy atom. The van der Waals surface area contributed by atoms with Crippen LogP contribution in [0.2, 0.25) is 0 Å². The van der Waals surface area contributed by atoms with Gasteiger partial charge < -0.3 is 29.7 Å². The van der Waals surface area contributed by atoms with Gasteiger partial charge in [-0.1, -0.05) is 24.6 Å². The second-order valence-corrected chi connectivity index (χ2v) is 7.45. The Kier molecular flexibility index (Phi) is 9.94. The summed E-state index contributed by atoms with van der Waals surface area (Å²) in [5, 5.41) is 24.1. The largest absolute Gasteiger partial charge is 0.493 e. The summed E-state index contributed by atoms with van der Waals surface area (Å²) in [7, 11) is 3.22. The van der Waals surface area contributed by atoms with Crippen molar-refractivity contribution in [2.75, 3.05) is 33.9 Å². The molecule has 0 heterocycles. The van der Waals surface area contributed by atoms with Gasteiger partial charge in [0.05, 0.1) is 20.3 Å². The minimum Gasteiger partial charge on any atom is -0.493 e. The van der Waals surface area contributed by atoms with Crippen molar-refractivity contribution in [3.05, 3.63) is 53.1 Å². The molecule has 0 bridgehead atoms. The van der Waals surface area contributed by atoms with Crippen molar-refractivity contribution >= 4 is 0 Å². The van der Waals surface area contributed by atoms with Gasteiger partial charge in [0, 0.05) is 12.1 Å². The summed E-state index contributed by atoms with van der Waals surface area (Å²) >= 11 is 0. The van der Waals surface area contributed by atoms with Crippen LogP contribution in [0.4, 0.5) is 0 Å². The maximum absolute atomic E-state index is 10.8. The zero-order valence-electron chi connectivity index (χ0n) is 18.5. The average molecular weight is 418 g/mol. The highest BCUT2D eigenvalue weighted by Crippen LogP contribution is 2.32. The molecule has 166 valence electrons. The first-order valence-electron chi connectivity index (χ1n) is 10.5. The monoisotopic (exact) mass is 417 g/mol. The summed E-state index contributed by atoms with van der Waals surface area (Å²) in [6, 6.07) is 11.5. The molecule has 2 aromatic carbocycles. The topological polar surface area (TPSA) is 80.2 Å². The van der Waals surface area contributed by atoms with Gasteiger partial charge in [-0.2, -0.15) is 0 Å². The summed E-state index contributed by atoms with van der Waals surface area (Å²) < 4.78 is 16.5. The van der Waals surface area contributed by atoms with E-state index in [1.165, 1.54) is 0 Å². The van der Waals surface area contributed by atoms with Crippen molar-refractivity contribution in [1.82, 2.24) is 5.32 Å². The summed E-state index contributed by atoms with van der Waals surface area (Å²) in [4.78, 5) is 0. The van der Waals surface area contributed by atoms with E-state index in [4.69, 9.17) is 14.2 Å². The maximum Gasteiger partial charge on any atom is 0.160 e. The second-order valence-electron chi connectivity index (χ2n) is 7.45. The van der Waals surface area contributed by atoms with Crippen LogP contribution in [0.5, 0.6) is 17.2 Å². The van der Waals surface area contributed by atoms with Crippen LogP contribution in [-0.4, -0.2) is 50.2 Å². The molecule has 0 radical (unpaired) electrons. The van der Waals surface area contributed by atoms with Crippen LogP contribution in [0.3, 0.4) is 0 Å². The van der Waals surface area contributed by atoms with Crippen molar-refractivity contribution in [2.45, 2.75) is 45.3 Å². The van der Waals surface area contributed by atoms with Gasteiger partial charge in [0.15, 0.2) is 11.5 Å². The highest BCUT2D eigenvalue weighted by Gasteiger charge is 2.16. The van der Waals surface area contributed by atoms with E-state index in [0.717, 1.165) is 29.7 Å². The third-order valence-electron chi connectivity index (χ3n) is 4.92. The molecule has 30 heavy (non-hydrogen) atoms. The molecule has 2 unspecified atom stereocenters. The van der Waals surface area contributed by atoms with Crippen molar-refractivity contribution < 1.29 is 24.4 Å². The lowest BCUT2D eigenvalue weighted by atomic mass is 9.99. The Morgan fingerprint density at radius 3 is 2.40 bits per heavy atom. The number of nitrogens with one attached hydrogen (secondary N) is 1. The van der Waals surface area contributed by atoms with Gasteiger partial charge in [-0.3, -0.25) is 0 Å². The van der Waals surface area contributed by atoms with Gasteiger partial charge in [-0.15, -0.1) is 0 Å². The lowest BCUT2D eigenvalue weighted by Crippen LogP contribution is -2.32. The molecule has 3 N–H and O–H groups in total. The van der Waals surface area contributed by atoms with Crippen LogP contribution in [0.1, 0.15) is 42.6 Å². The van der Waals surface area contributed by atoms with Crippen LogP contribution in [0.25, 0.3) is 0 Å².